The van der Waals surface area contributed by atoms with Crippen molar-refractivity contribution in [3.63, 3.8) is 0 Å². The first kappa shape index (κ1) is 17.0. The molecule has 25 heavy (non-hydrogen) atoms. The summed E-state index contributed by atoms with van der Waals surface area (Å²) in [6, 6.07) is 13.0. The Morgan fingerprint density at radius 2 is 2.04 bits per heavy atom. The van der Waals surface area contributed by atoms with Gasteiger partial charge in [-0.1, -0.05) is 29.4 Å². The highest BCUT2D eigenvalue weighted by Gasteiger charge is 2.10. The number of terminal acetylenes is 1. The van der Waals surface area contributed by atoms with Gasteiger partial charge in [-0.25, -0.2) is 0 Å². The van der Waals surface area contributed by atoms with Crippen LogP contribution in [0.1, 0.15) is 22.8 Å². The quantitative estimate of drug-likeness (QED) is 0.672. The molecule has 3 rings (SSSR count). The van der Waals surface area contributed by atoms with Crippen molar-refractivity contribution in [2.45, 2.75) is 20.4 Å². The second kappa shape index (κ2) is 7.37. The lowest BCUT2D eigenvalue weighted by atomic mass is 10.2. The second-order valence-corrected chi connectivity index (χ2v) is 6.48. The van der Waals surface area contributed by atoms with Gasteiger partial charge < -0.3 is 9.30 Å². The molecule has 5 heteroatoms. The van der Waals surface area contributed by atoms with Gasteiger partial charge in [-0.2, -0.15) is 4.99 Å². The molecule has 0 aliphatic carbocycles. The largest absolute Gasteiger partial charge is 0.494 e. The van der Waals surface area contributed by atoms with Crippen LogP contribution in [0.5, 0.6) is 5.75 Å². The summed E-state index contributed by atoms with van der Waals surface area (Å²) < 4.78 is 8.38. The number of amides is 1. The molecule has 0 saturated heterocycles. The van der Waals surface area contributed by atoms with Crippen LogP contribution in [0.15, 0.2) is 47.5 Å². The monoisotopic (exact) mass is 350 g/mol. The number of para-hydroxylation sites is 1. The summed E-state index contributed by atoms with van der Waals surface area (Å²) in [6.07, 6.45) is 5.51. The molecular weight excluding hydrogens is 332 g/mol. The summed E-state index contributed by atoms with van der Waals surface area (Å²) >= 11 is 1.47. The normalized spacial score (nSPS) is 11.5. The molecule has 1 heterocycles. The van der Waals surface area contributed by atoms with Gasteiger partial charge in [0.05, 0.1) is 23.4 Å². The third-order valence-corrected chi connectivity index (χ3v) is 4.81. The number of carbonyl (C=O) groups is 1. The van der Waals surface area contributed by atoms with Crippen LogP contribution in [-0.4, -0.2) is 17.1 Å². The zero-order valence-electron chi connectivity index (χ0n) is 14.2. The molecular formula is C20H18N2O2S. The maximum atomic E-state index is 12.5. The minimum atomic E-state index is -0.293. The van der Waals surface area contributed by atoms with Crippen molar-refractivity contribution in [1.82, 2.24) is 4.57 Å². The number of rotatable bonds is 4. The zero-order valence-corrected chi connectivity index (χ0v) is 15.0. The Bertz CT molecular complexity index is 1020. The zero-order chi connectivity index (χ0) is 17.8. The Balaban J connectivity index is 2.05. The van der Waals surface area contributed by atoms with E-state index in [2.05, 4.69) is 10.9 Å². The molecule has 0 spiro atoms. The van der Waals surface area contributed by atoms with Crippen molar-refractivity contribution < 1.29 is 9.53 Å². The van der Waals surface area contributed by atoms with Gasteiger partial charge in [0.25, 0.3) is 5.91 Å². The van der Waals surface area contributed by atoms with Crippen molar-refractivity contribution in [2.75, 3.05) is 6.61 Å². The average Bonchev–Trinajstić information content (AvgIpc) is 2.95. The highest BCUT2D eigenvalue weighted by atomic mass is 32.1. The van der Waals surface area contributed by atoms with Crippen molar-refractivity contribution >= 4 is 27.5 Å². The van der Waals surface area contributed by atoms with E-state index in [1.54, 1.807) is 24.3 Å². The number of benzene rings is 2. The average molecular weight is 350 g/mol. The molecule has 0 unspecified atom stereocenters. The topological polar surface area (TPSA) is 43.6 Å². The molecule has 3 aromatic rings. The standard InChI is InChI=1S/C20H18N2O2S/c1-4-13-22-18-14(3)7-6-8-17(18)25-20(22)21-19(23)15-9-11-16(12-10-15)24-5-2/h1,6-12H,5,13H2,2-3H3. The van der Waals surface area contributed by atoms with Crippen LogP contribution in [-0.2, 0) is 6.54 Å². The molecule has 0 fully saturated rings. The number of ether oxygens (including phenoxy) is 1. The molecule has 1 amide bonds. The summed E-state index contributed by atoms with van der Waals surface area (Å²) in [5.41, 5.74) is 2.66. The maximum absolute atomic E-state index is 12.5. The van der Waals surface area contributed by atoms with Crippen LogP contribution < -0.4 is 9.54 Å². The number of aromatic nitrogens is 1. The molecule has 0 aliphatic rings. The van der Waals surface area contributed by atoms with Crippen LogP contribution in [0, 0.1) is 19.3 Å². The van der Waals surface area contributed by atoms with Gasteiger partial charge in [-0.15, -0.1) is 6.42 Å². The van der Waals surface area contributed by atoms with E-state index in [1.807, 2.05) is 36.6 Å². The fraction of sp³-hybridized carbons (Fsp3) is 0.200. The van der Waals surface area contributed by atoms with Crippen LogP contribution in [0.3, 0.4) is 0 Å². The fourth-order valence-corrected chi connectivity index (χ4v) is 3.75. The number of fused-ring (bicyclic) bond motifs is 1. The van der Waals surface area contributed by atoms with Crippen molar-refractivity contribution in [2.24, 2.45) is 4.99 Å². The molecule has 0 aliphatic heterocycles. The first-order chi connectivity index (χ1) is 12.1. The van der Waals surface area contributed by atoms with E-state index in [0.29, 0.717) is 23.5 Å². The van der Waals surface area contributed by atoms with Crippen LogP contribution >= 0.6 is 11.3 Å². The molecule has 1 aromatic heterocycles. The van der Waals surface area contributed by atoms with Crippen LogP contribution in [0.25, 0.3) is 10.2 Å². The van der Waals surface area contributed by atoms with Gasteiger partial charge in [0.2, 0.25) is 0 Å². The summed E-state index contributed by atoms with van der Waals surface area (Å²) in [7, 11) is 0. The number of carbonyl (C=O) groups excluding carboxylic acids is 1. The van der Waals surface area contributed by atoms with Gasteiger partial charge in [0.1, 0.15) is 5.75 Å². The molecule has 0 atom stereocenters. The molecule has 2 aromatic carbocycles. The minimum Gasteiger partial charge on any atom is -0.494 e. The summed E-state index contributed by atoms with van der Waals surface area (Å²) in [4.78, 5) is 17.5. The van der Waals surface area contributed by atoms with Gasteiger partial charge in [0, 0.05) is 5.56 Å². The van der Waals surface area contributed by atoms with Gasteiger partial charge in [-0.05, 0) is 49.7 Å². The lowest BCUT2D eigenvalue weighted by molar-refractivity contribution is 0.0998. The molecule has 0 radical (unpaired) electrons. The van der Waals surface area contributed by atoms with Crippen LogP contribution in [0.4, 0.5) is 0 Å². The van der Waals surface area contributed by atoms with Gasteiger partial charge in [0.15, 0.2) is 4.80 Å². The molecule has 126 valence electrons. The maximum Gasteiger partial charge on any atom is 0.279 e. The third kappa shape index (κ3) is 3.49. The first-order valence-corrected chi connectivity index (χ1v) is 8.80. The Labute approximate surface area is 150 Å². The Morgan fingerprint density at radius 1 is 1.28 bits per heavy atom. The number of thiazole rings is 1. The summed E-state index contributed by atoms with van der Waals surface area (Å²) in [5.74, 6) is 3.09. The highest BCUT2D eigenvalue weighted by Crippen LogP contribution is 2.21. The Hall–Kier alpha value is -2.84. The molecule has 0 N–H and O–H groups in total. The van der Waals surface area contributed by atoms with Crippen molar-refractivity contribution in [3.8, 4) is 18.1 Å². The highest BCUT2D eigenvalue weighted by molar-refractivity contribution is 7.16. The van der Waals surface area contributed by atoms with E-state index >= 15 is 0 Å². The predicted molar refractivity (Wildman–Crippen MR) is 101 cm³/mol. The predicted octanol–water partition coefficient (Wildman–Crippen LogP) is 3.78. The van der Waals surface area contributed by atoms with Gasteiger partial charge in [-0.3, -0.25) is 4.79 Å². The van der Waals surface area contributed by atoms with Gasteiger partial charge >= 0.3 is 0 Å². The minimum absolute atomic E-state index is 0.293. The smallest absolute Gasteiger partial charge is 0.279 e. The lowest BCUT2D eigenvalue weighted by Gasteiger charge is -2.03. The van der Waals surface area contributed by atoms with E-state index in [4.69, 9.17) is 11.2 Å². The number of aryl methyl sites for hydroxylation is 1. The van der Waals surface area contributed by atoms with E-state index in [-0.39, 0.29) is 5.91 Å². The van der Waals surface area contributed by atoms with E-state index in [1.165, 1.54) is 11.3 Å². The summed E-state index contributed by atoms with van der Waals surface area (Å²) in [5, 5.41) is 0. The fourth-order valence-electron chi connectivity index (χ4n) is 2.64. The first-order valence-electron chi connectivity index (χ1n) is 7.98. The molecule has 4 nitrogen and oxygen atoms in total. The Morgan fingerprint density at radius 3 is 2.72 bits per heavy atom. The van der Waals surface area contributed by atoms with Crippen molar-refractivity contribution in [3.05, 3.63) is 58.4 Å². The summed E-state index contributed by atoms with van der Waals surface area (Å²) in [6.45, 7) is 4.91. The SMILES string of the molecule is C#CCn1c(=NC(=O)c2ccc(OCC)cc2)sc2cccc(C)c21. The number of hydrogen-bond donors (Lipinski definition) is 0. The number of hydrogen-bond acceptors (Lipinski definition) is 3. The lowest BCUT2D eigenvalue weighted by Crippen LogP contribution is -2.16. The molecule has 0 bridgehead atoms. The van der Waals surface area contributed by atoms with E-state index in [0.717, 1.165) is 21.5 Å². The van der Waals surface area contributed by atoms with Crippen LogP contribution in [0.2, 0.25) is 0 Å². The second-order valence-electron chi connectivity index (χ2n) is 5.47. The van der Waals surface area contributed by atoms with E-state index in [9.17, 15) is 4.79 Å². The van der Waals surface area contributed by atoms with Crippen molar-refractivity contribution in [1.29, 1.82) is 0 Å². The number of nitrogens with zero attached hydrogens (tertiary/aromatic N) is 2. The third-order valence-electron chi connectivity index (χ3n) is 3.76. The molecule has 0 saturated carbocycles. The Kier molecular flexibility index (Phi) is 5.01. The van der Waals surface area contributed by atoms with E-state index < -0.39 is 0 Å².